The Labute approximate surface area is 96.8 Å². The molecule has 0 unspecified atom stereocenters. The van der Waals surface area contributed by atoms with E-state index in [0.717, 1.165) is 24.2 Å². The molecule has 1 aliphatic rings. The van der Waals surface area contributed by atoms with Gasteiger partial charge in [-0.15, -0.1) is 0 Å². The van der Waals surface area contributed by atoms with Gasteiger partial charge < -0.3 is 16.2 Å². The number of benzene rings is 1. The van der Waals surface area contributed by atoms with E-state index in [9.17, 15) is 0 Å². The molecular formula is C13H20N2O. The fourth-order valence-corrected chi connectivity index (χ4v) is 2.21. The second kappa shape index (κ2) is 5.32. The highest BCUT2D eigenvalue weighted by Gasteiger charge is 2.18. The van der Waals surface area contributed by atoms with Crippen LogP contribution in [0.5, 0.6) is 5.75 Å². The summed E-state index contributed by atoms with van der Waals surface area (Å²) in [6.45, 7) is 0.449. The SMILES string of the molecule is NC[C@@H](N)c1ccccc1OC1CCCC1. The molecule has 1 aromatic rings. The molecule has 1 aliphatic carbocycles. The van der Waals surface area contributed by atoms with Crippen molar-refractivity contribution >= 4 is 0 Å². The highest BCUT2D eigenvalue weighted by atomic mass is 16.5. The van der Waals surface area contributed by atoms with Gasteiger partial charge in [0.2, 0.25) is 0 Å². The lowest BCUT2D eigenvalue weighted by atomic mass is 10.1. The number of hydrogen-bond donors (Lipinski definition) is 2. The number of para-hydroxylation sites is 1. The number of rotatable bonds is 4. The monoisotopic (exact) mass is 220 g/mol. The first kappa shape index (κ1) is 11.4. The molecule has 1 aromatic carbocycles. The lowest BCUT2D eigenvalue weighted by Crippen LogP contribution is -2.22. The van der Waals surface area contributed by atoms with Gasteiger partial charge in [0.25, 0.3) is 0 Å². The van der Waals surface area contributed by atoms with Crippen molar-refractivity contribution in [3.8, 4) is 5.75 Å². The Hall–Kier alpha value is -1.06. The molecule has 3 heteroatoms. The van der Waals surface area contributed by atoms with Gasteiger partial charge in [-0.05, 0) is 31.7 Å². The van der Waals surface area contributed by atoms with Crippen LogP contribution in [0.3, 0.4) is 0 Å². The molecule has 4 N–H and O–H groups in total. The molecule has 0 aromatic heterocycles. The first-order chi connectivity index (χ1) is 7.81. The summed E-state index contributed by atoms with van der Waals surface area (Å²) in [5.74, 6) is 0.910. The molecule has 0 saturated heterocycles. The summed E-state index contributed by atoms with van der Waals surface area (Å²) in [4.78, 5) is 0. The average Bonchev–Trinajstić information content (AvgIpc) is 2.82. The number of ether oxygens (including phenoxy) is 1. The lowest BCUT2D eigenvalue weighted by molar-refractivity contribution is 0.207. The molecule has 0 spiro atoms. The third-order valence-corrected chi connectivity index (χ3v) is 3.17. The van der Waals surface area contributed by atoms with Crippen molar-refractivity contribution in [2.45, 2.75) is 37.8 Å². The Balaban J connectivity index is 2.12. The smallest absolute Gasteiger partial charge is 0.124 e. The Bertz CT molecular complexity index is 334. The Morgan fingerprint density at radius 2 is 1.94 bits per heavy atom. The van der Waals surface area contributed by atoms with Crippen LogP contribution in [0.4, 0.5) is 0 Å². The maximum Gasteiger partial charge on any atom is 0.124 e. The van der Waals surface area contributed by atoms with E-state index in [1.807, 2.05) is 24.3 Å². The van der Waals surface area contributed by atoms with E-state index in [2.05, 4.69) is 0 Å². The van der Waals surface area contributed by atoms with E-state index >= 15 is 0 Å². The molecule has 0 radical (unpaired) electrons. The molecule has 0 heterocycles. The molecule has 88 valence electrons. The fourth-order valence-electron chi connectivity index (χ4n) is 2.21. The van der Waals surface area contributed by atoms with Crippen molar-refractivity contribution in [2.24, 2.45) is 11.5 Å². The lowest BCUT2D eigenvalue weighted by Gasteiger charge is -2.19. The average molecular weight is 220 g/mol. The van der Waals surface area contributed by atoms with Crippen LogP contribution >= 0.6 is 0 Å². The van der Waals surface area contributed by atoms with Gasteiger partial charge in [0.1, 0.15) is 5.75 Å². The highest BCUT2D eigenvalue weighted by molar-refractivity contribution is 5.36. The third-order valence-electron chi connectivity index (χ3n) is 3.17. The van der Waals surface area contributed by atoms with Crippen LogP contribution in [0.1, 0.15) is 37.3 Å². The van der Waals surface area contributed by atoms with Crippen LogP contribution in [0.25, 0.3) is 0 Å². The summed E-state index contributed by atoms with van der Waals surface area (Å²) < 4.78 is 5.99. The Morgan fingerprint density at radius 1 is 1.25 bits per heavy atom. The van der Waals surface area contributed by atoms with Gasteiger partial charge in [0.05, 0.1) is 6.10 Å². The van der Waals surface area contributed by atoms with Crippen LogP contribution in [0, 0.1) is 0 Å². The van der Waals surface area contributed by atoms with E-state index in [-0.39, 0.29) is 6.04 Å². The molecule has 3 nitrogen and oxygen atoms in total. The van der Waals surface area contributed by atoms with Gasteiger partial charge in [0.15, 0.2) is 0 Å². The summed E-state index contributed by atoms with van der Waals surface area (Å²) >= 11 is 0. The largest absolute Gasteiger partial charge is 0.490 e. The maximum absolute atomic E-state index is 5.99. The highest BCUT2D eigenvalue weighted by Crippen LogP contribution is 2.28. The molecule has 0 aliphatic heterocycles. The second-order valence-electron chi connectivity index (χ2n) is 4.40. The zero-order valence-electron chi connectivity index (χ0n) is 9.56. The topological polar surface area (TPSA) is 61.3 Å². The number of nitrogens with two attached hydrogens (primary N) is 2. The van der Waals surface area contributed by atoms with Gasteiger partial charge in [0, 0.05) is 18.2 Å². The maximum atomic E-state index is 5.99. The minimum Gasteiger partial charge on any atom is -0.490 e. The van der Waals surface area contributed by atoms with Crippen LogP contribution in [-0.4, -0.2) is 12.6 Å². The van der Waals surface area contributed by atoms with Crippen LogP contribution in [0.2, 0.25) is 0 Å². The van der Waals surface area contributed by atoms with E-state index < -0.39 is 0 Å². The molecule has 1 fully saturated rings. The molecule has 0 bridgehead atoms. The summed E-state index contributed by atoms with van der Waals surface area (Å²) in [6.07, 6.45) is 5.23. The van der Waals surface area contributed by atoms with Crippen molar-refractivity contribution in [2.75, 3.05) is 6.54 Å². The predicted molar refractivity (Wildman–Crippen MR) is 65.3 cm³/mol. The van der Waals surface area contributed by atoms with Crippen molar-refractivity contribution in [1.29, 1.82) is 0 Å². The fraction of sp³-hybridized carbons (Fsp3) is 0.538. The standard InChI is InChI=1S/C13H20N2O/c14-9-12(15)11-7-3-4-8-13(11)16-10-5-1-2-6-10/h3-4,7-8,10,12H,1-2,5-6,9,14-15H2/t12-/m1/s1. The summed E-state index contributed by atoms with van der Waals surface area (Å²) in [7, 11) is 0. The molecular weight excluding hydrogens is 200 g/mol. The van der Waals surface area contributed by atoms with Crippen molar-refractivity contribution in [1.82, 2.24) is 0 Å². The predicted octanol–water partition coefficient (Wildman–Crippen LogP) is 1.97. The van der Waals surface area contributed by atoms with Crippen LogP contribution in [0.15, 0.2) is 24.3 Å². The van der Waals surface area contributed by atoms with Gasteiger partial charge in [-0.1, -0.05) is 18.2 Å². The molecule has 16 heavy (non-hydrogen) atoms. The second-order valence-corrected chi connectivity index (χ2v) is 4.40. The van der Waals surface area contributed by atoms with Gasteiger partial charge in [-0.3, -0.25) is 0 Å². The minimum atomic E-state index is -0.127. The first-order valence-corrected chi connectivity index (χ1v) is 6.02. The summed E-state index contributed by atoms with van der Waals surface area (Å²) in [5, 5.41) is 0. The van der Waals surface area contributed by atoms with Crippen molar-refractivity contribution in [3.63, 3.8) is 0 Å². The molecule has 0 amide bonds. The molecule has 1 saturated carbocycles. The summed E-state index contributed by atoms with van der Waals surface area (Å²) in [5.41, 5.74) is 12.6. The van der Waals surface area contributed by atoms with Crippen LogP contribution in [-0.2, 0) is 0 Å². The van der Waals surface area contributed by atoms with Crippen LogP contribution < -0.4 is 16.2 Å². The minimum absolute atomic E-state index is 0.127. The third kappa shape index (κ3) is 2.54. The number of hydrogen-bond acceptors (Lipinski definition) is 3. The summed E-state index contributed by atoms with van der Waals surface area (Å²) in [6, 6.07) is 7.83. The van der Waals surface area contributed by atoms with Crippen molar-refractivity contribution in [3.05, 3.63) is 29.8 Å². The van der Waals surface area contributed by atoms with E-state index in [4.69, 9.17) is 16.2 Å². The quantitative estimate of drug-likeness (QED) is 0.815. The zero-order valence-corrected chi connectivity index (χ0v) is 9.56. The van der Waals surface area contributed by atoms with Gasteiger partial charge in [-0.25, -0.2) is 0 Å². The van der Waals surface area contributed by atoms with E-state index in [1.165, 1.54) is 12.8 Å². The molecule has 1 atom stereocenters. The first-order valence-electron chi connectivity index (χ1n) is 6.02. The zero-order chi connectivity index (χ0) is 11.4. The van der Waals surface area contributed by atoms with Gasteiger partial charge in [-0.2, -0.15) is 0 Å². The Kier molecular flexibility index (Phi) is 3.80. The van der Waals surface area contributed by atoms with E-state index in [1.54, 1.807) is 0 Å². The molecule has 2 rings (SSSR count). The van der Waals surface area contributed by atoms with Gasteiger partial charge >= 0.3 is 0 Å². The van der Waals surface area contributed by atoms with E-state index in [0.29, 0.717) is 12.6 Å². The Morgan fingerprint density at radius 3 is 2.62 bits per heavy atom. The van der Waals surface area contributed by atoms with Crippen molar-refractivity contribution < 1.29 is 4.74 Å². The normalized spacial score (nSPS) is 18.6.